The van der Waals surface area contributed by atoms with Gasteiger partial charge in [-0.2, -0.15) is 0 Å². The molecule has 1 heterocycles. The van der Waals surface area contributed by atoms with Crippen LogP contribution in [-0.2, 0) is 13.1 Å². The number of anilines is 1. The highest BCUT2D eigenvalue weighted by molar-refractivity contribution is 6.31. The summed E-state index contributed by atoms with van der Waals surface area (Å²) >= 11 is 5.97. The van der Waals surface area contributed by atoms with Crippen LogP contribution in [-0.4, -0.2) is 17.7 Å². The zero-order valence-corrected chi connectivity index (χ0v) is 15.5. The van der Waals surface area contributed by atoms with E-state index in [4.69, 9.17) is 16.3 Å². The minimum atomic E-state index is -0.370. The lowest BCUT2D eigenvalue weighted by Crippen LogP contribution is -2.29. The third-order valence-corrected chi connectivity index (χ3v) is 4.26. The number of aromatic nitrogens is 1. The van der Waals surface area contributed by atoms with Crippen LogP contribution >= 0.6 is 11.6 Å². The highest BCUT2D eigenvalue weighted by Crippen LogP contribution is 2.27. The predicted octanol–water partition coefficient (Wildman–Crippen LogP) is 4.66. The van der Waals surface area contributed by atoms with Crippen LogP contribution in [0.5, 0.6) is 5.75 Å². The van der Waals surface area contributed by atoms with Crippen LogP contribution in [0.3, 0.4) is 0 Å². The van der Waals surface area contributed by atoms with Crippen molar-refractivity contribution in [3.05, 3.63) is 82.9 Å². The van der Waals surface area contributed by atoms with Crippen LogP contribution in [0.1, 0.15) is 11.3 Å². The Kier molecular flexibility index (Phi) is 5.98. The second kappa shape index (κ2) is 8.60. The molecule has 0 radical (unpaired) electrons. The average molecular weight is 388 g/mol. The monoisotopic (exact) mass is 387 g/mol. The zero-order valence-electron chi connectivity index (χ0n) is 14.7. The Morgan fingerprint density at radius 1 is 1.19 bits per heavy atom. The van der Waals surface area contributed by atoms with Crippen LogP contribution in [0.2, 0.25) is 5.02 Å². The van der Waals surface area contributed by atoms with E-state index in [1.54, 1.807) is 30.3 Å². The number of ether oxygens (including phenoxy) is 1. The molecule has 0 spiro atoms. The number of hydrogen-bond donors (Lipinski definition) is 2. The van der Waals surface area contributed by atoms with Gasteiger partial charge in [-0.25, -0.2) is 9.18 Å². The molecule has 0 fully saturated rings. The number of carbonyl (C=O) groups excluding carboxylic acids is 1. The molecule has 3 rings (SSSR count). The van der Waals surface area contributed by atoms with E-state index in [2.05, 4.69) is 10.6 Å². The van der Waals surface area contributed by atoms with Crippen molar-refractivity contribution in [3.8, 4) is 5.75 Å². The van der Waals surface area contributed by atoms with E-state index >= 15 is 0 Å². The molecule has 0 aliphatic heterocycles. The molecule has 2 N–H and O–H groups in total. The molecule has 0 aliphatic carbocycles. The molecule has 0 bridgehead atoms. The van der Waals surface area contributed by atoms with Gasteiger partial charge in [0, 0.05) is 23.5 Å². The van der Waals surface area contributed by atoms with Gasteiger partial charge in [-0.1, -0.05) is 23.7 Å². The van der Waals surface area contributed by atoms with Gasteiger partial charge in [-0.3, -0.25) is 0 Å². The van der Waals surface area contributed by atoms with Crippen molar-refractivity contribution >= 4 is 23.3 Å². The largest absolute Gasteiger partial charge is 0.495 e. The number of urea groups is 1. The lowest BCUT2D eigenvalue weighted by molar-refractivity contribution is 0.251. The molecule has 0 atom stereocenters. The fraction of sp³-hybridized carbons (Fsp3) is 0.150. The summed E-state index contributed by atoms with van der Waals surface area (Å²) in [6, 6.07) is 14.8. The van der Waals surface area contributed by atoms with Gasteiger partial charge in [0.2, 0.25) is 0 Å². The molecule has 2 aromatic carbocycles. The first-order chi connectivity index (χ1) is 13.0. The van der Waals surface area contributed by atoms with Crippen LogP contribution in [0, 0.1) is 5.82 Å². The van der Waals surface area contributed by atoms with Crippen LogP contribution in [0.15, 0.2) is 60.8 Å². The first-order valence-corrected chi connectivity index (χ1v) is 8.70. The number of amides is 2. The van der Waals surface area contributed by atoms with E-state index < -0.39 is 0 Å². The van der Waals surface area contributed by atoms with E-state index in [1.807, 2.05) is 22.9 Å². The topological polar surface area (TPSA) is 55.3 Å². The van der Waals surface area contributed by atoms with Crippen LogP contribution in [0.25, 0.3) is 0 Å². The maximum Gasteiger partial charge on any atom is 0.319 e. The number of rotatable bonds is 6. The normalized spacial score (nSPS) is 10.5. The van der Waals surface area contributed by atoms with Crippen LogP contribution < -0.4 is 15.4 Å². The molecular weight excluding hydrogens is 369 g/mol. The summed E-state index contributed by atoms with van der Waals surface area (Å²) < 4.78 is 20.2. The maximum atomic E-state index is 13.0. The molecule has 0 saturated heterocycles. The van der Waals surface area contributed by atoms with Gasteiger partial charge in [0.05, 0.1) is 19.3 Å². The molecule has 3 aromatic rings. The molecule has 0 aliphatic rings. The average Bonchev–Trinajstić information content (AvgIpc) is 3.09. The van der Waals surface area contributed by atoms with Gasteiger partial charge >= 0.3 is 6.03 Å². The number of benzene rings is 2. The Morgan fingerprint density at radius 2 is 1.96 bits per heavy atom. The zero-order chi connectivity index (χ0) is 19.2. The first-order valence-electron chi connectivity index (χ1n) is 8.32. The molecular formula is C20H19ClFN3O2. The fourth-order valence-corrected chi connectivity index (χ4v) is 2.84. The lowest BCUT2D eigenvalue weighted by atomic mass is 10.2. The van der Waals surface area contributed by atoms with Crippen molar-refractivity contribution in [1.29, 1.82) is 0 Å². The van der Waals surface area contributed by atoms with Gasteiger partial charge in [0.15, 0.2) is 0 Å². The number of nitrogens with zero attached hydrogens (tertiary/aromatic N) is 1. The molecule has 27 heavy (non-hydrogen) atoms. The Hall–Kier alpha value is -2.99. The third kappa shape index (κ3) is 5.01. The summed E-state index contributed by atoms with van der Waals surface area (Å²) in [6.07, 6.45) is 1.91. The third-order valence-electron chi connectivity index (χ3n) is 4.03. The Balaban J connectivity index is 1.61. The van der Waals surface area contributed by atoms with Gasteiger partial charge in [-0.05, 0) is 48.0 Å². The molecule has 140 valence electrons. The summed E-state index contributed by atoms with van der Waals surface area (Å²) in [5.74, 6) is 0.260. The van der Waals surface area contributed by atoms with E-state index in [-0.39, 0.29) is 11.8 Å². The summed E-state index contributed by atoms with van der Waals surface area (Å²) in [7, 11) is 1.52. The first kappa shape index (κ1) is 18.8. The molecule has 5 nitrogen and oxygen atoms in total. The minimum Gasteiger partial charge on any atom is -0.495 e. The van der Waals surface area contributed by atoms with Crippen molar-refractivity contribution in [2.24, 2.45) is 0 Å². The number of carbonyl (C=O) groups is 1. The van der Waals surface area contributed by atoms with Gasteiger partial charge in [0.25, 0.3) is 0 Å². The quantitative estimate of drug-likeness (QED) is 0.646. The van der Waals surface area contributed by atoms with Gasteiger partial charge in [-0.15, -0.1) is 0 Å². The van der Waals surface area contributed by atoms with E-state index in [9.17, 15) is 9.18 Å². The lowest BCUT2D eigenvalue weighted by Gasteiger charge is -2.13. The van der Waals surface area contributed by atoms with E-state index in [0.717, 1.165) is 11.3 Å². The highest BCUT2D eigenvalue weighted by Gasteiger charge is 2.09. The number of nitrogens with one attached hydrogen (secondary N) is 2. The molecule has 0 unspecified atom stereocenters. The summed E-state index contributed by atoms with van der Waals surface area (Å²) in [6.45, 7) is 0.928. The minimum absolute atomic E-state index is 0.263. The van der Waals surface area contributed by atoms with Gasteiger partial charge in [0.1, 0.15) is 11.6 Å². The Morgan fingerprint density at radius 3 is 2.70 bits per heavy atom. The summed E-state index contributed by atoms with van der Waals surface area (Å²) in [4.78, 5) is 12.2. The van der Waals surface area contributed by atoms with Crippen molar-refractivity contribution in [2.45, 2.75) is 13.1 Å². The van der Waals surface area contributed by atoms with Crippen molar-refractivity contribution in [2.75, 3.05) is 12.4 Å². The summed E-state index contributed by atoms with van der Waals surface area (Å²) in [5.41, 5.74) is 2.39. The molecule has 2 amide bonds. The van der Waals surface area contributed by atoms with Crippen molar-refractivity contribution < 1.29 is 13.9 Å². The number of hydrogen-bond acceptors (Lipinski definition) is 2. The molecule has 0 saturated carbocycles. The van der Waals surface area contributed by atoms with E-state index in [1.165, 1.54) is 19.2 Å². The standard InChI is InChI=1S/C20H19ClFN3O2/c1-27-19-9-6-15(21)11-18(19)24-20(26)23-12-17-3-2-10-25(17)13-14-4-7-16(22)8-5-14/h2-11H,12-13H2,1H3,(H2,23,24,26). The second-order valence-electron chi connectivity index (χ2n) is 5.91. The van der Waals surface area contributed by atoms with Crippen molar-refractivity contribution in [1.82, 2.24) is 9.88 Å². The Bertz CT molecular complexity index is 925. The molecule has 7 heteroatoms. The summed E-state index contributed by atoms with van der Waals surface area (Å²) in [5, 5.41) is 6.04. The predicted molar refractivity (Wildman–Crippen MR) is 104 cm³/mol. The SMILES string of the molecule is COc1ccc(Cl)cc1NC(=O)NCc1cccn1Cc1ccc(F)cc1. The highest BCUT2D eigenvalue weighted by atomic mass is 35.5. The maximum absolute atomic E-state index is 13.0. The van der Waals surface area contributed by atoms with Crippen LogP contribution in [0.4, 0.5) is 14.9 Å². The number of halogens is 2. The Labute approximate surface area is 161 Å². The van der Waals surface area contributed by atoms with Gasteiger partial charge < -0.3 is 19.9 Å². The van der Waals surface area contributed by atoms with Crippen molar-refractivity contribution in [3.63, 3.8) is 0 Å². The fourth-order valence-electron chi connectivity index (χ4n) is 2.67. The molecule has 1 aromatic heterocycles. The number of methoxy groups -OCH3 is 1. The smallest absolute Gasteiger partial charge is 0.319 e. The second-order valence-corrected chi connectivity index (χ2v) is 6.34. The van der Waals surface area contributed by atoms with E-state index in [0.29, 0.717) is 29.5 Å².